The van der Waals surface area contributed by atoms with E-state index in [0.717, 1.165) is 25.7 Å². The molecule has 0 unspecified atom stereocenters. The molecule has 1 aliphatic carbocycles. The number of hydrogen-bond acceptors (Lipinski definition) is 0. The molecule has 0 amide bonds. The van der Waals surface area contributed by atoms with E-state index in [9.17, 15) is 0 Å². The van der Waals surface area contributed by atoms with E-state index in [4.69, 9.17) is 0 Å². The van der Waals surface area contributed by atoms with Gasteiger partial charge in [-0.1, -0.05) is 63.2 Å². The zero-order valence-electron chi connectivity index (χ0n) is 16.5. The molecule has 0 fully saturated rings. The maximum absolute atomic E-state index is 2.50. The highest BCUT2D eigenvalue weighted by Crippen LogP contribution is 2.43. The third-order valence-corrected chi connectivity index (χ3v) is 6.43. The fourth-order valence-corrected chi connectivity index (χ4v) is 5.08. The molecule has 4 aromatic rings. The van der Waals surface area contributed by atoms with Crippen molar-refractivity contribution in [3.63, 3.8) is 0 Å². The summed E-state index contributed by atoms with van der Waals surface area (Å²) in [5.74, 6) is 0. The predicted octanol–water partition coefficient (Wildman–Crippen LogP) is 7.25. The summed E-state index contributed by atoms with van der Waals surface area (Å²) in [5, 5.41) is 5.80. The molecule has 1 aliphatic rings. The van der Waals surface area contributed by atoms with Crippen LogP contribution in [0.3, 0.4) is 0 Å². The van der Waals surface area contributed by atoms with Gasteiger partial charge in [-0.3, -0.25) is 0 Å². The highest BCUT2D eigenvalue weighted by atomic mass is 14.3. The van der Waals surface area contributed by atoms with E-state index in [1.54, 1.807) is 0 Å². The summed E-state index contributed by atoms with van der Waals surface area (Å²) in [6.07, 6.45) is 4.33. The molecule has 0 spiro atoms. The normalized spacial score (nSPS) is 12.6. The van der Waals surface area contributed by atoms with E-state index >= 15 is 0 Å². The topological polar surface area (TPSA) is 0 Å². The molecule has 0 bridgehead atoms. The molecule has 0 nitrogen and oxygen atoms in total. The van der Waals surface area contributed by atoms with E-state index in [1.807, 2.05) is 0 Å². The Kier molecular flexibility index (Phi) is 3.82. The molecule has 5 rings (SSSR count). The van der Waals surface area contributed by atoms with Gasteiger partial charge in [-0.2, -0.15) is 0 Å². The molecule has 0 aliphatic heterocycles. The van der Waals surface area contributed by atoms with E-state index in [1.165, 1.54) is 60.5 Å². The second kappa shape index (κ2) is 6.23. The molecule has 0 heterocycles. The van der Waals surface area contributed by atoms with Crippen LogP contribution >= 0.6 is 0 Å². The third-order valence-electron chi connectivity index (χ3n) is 6.43. The fraction of sp³-hybridized carbons (Fsp3) is 0.259. The average molecular weight is 351 g/mol. The van der Waals surface area contributed by atoms with Crippen molar-refractivity contribution in [3.8, 4) is 11.1 Å². The van der Waals surface area contributed by atoms with E-state index in [2.05, 4.69) is 75.4 Å². The maximum atomic E-state index is 2.50. The van der Waals surface area contributed by atoms with Crippen LogP contribution in [0.1, 0.15) is 48.6 Å². The SMILES string of the molecule is CCc1ccc2c(c1)Cc1cc3c(CC)c4ccccc4c(CC)c3cc1-2. The van der Waals surface area contributed by atoms with Gasteiger partial charge in [0.25, 0.3) is 0 Å². The van der Waals surface area contributed by atoms with E-state index in [-0.39, 0.29) is 0 Å². The zero-order chi connectivity index (χ0) is 18.5. The molecular weight excluding hydrogens is 324 g/mol. The van der Waals surface area contributed by atoms with Crippen LogP contribution in [0.5, 0.6) is 0 Å². The Balaban J connectivity index is 1.87. The molecule has 0 radical (unpaired) electrons. The quantitative estimate of drug-likeness (QED) is 0.301. The largest absolute Gasteiger partial charge is 0.0616 e. The first kappa shape index (κ1) is 16.6. The van der Waals surface area contributed by atoms with Crippen LogP contribution in [0.15, 0.2) is 54.6 Å². The van der Waals surface area contributed by atoms with Crippen molar-refractivity contribution in [1.29, 1.82) is 0 Å². The molecule has 0 saturated carbocycles. The van der Waals surface area contributed by atoms with Crippen LogP contribution in [-0.2, 0) is 25.7 Å². The summed E-state index contributed by atoms with van der Waals surface area (Å²) >= 11 is 0. The molecule has 27 heavy (non-hydrogen) atoms. The Labute approximate surface area is 161 Å². The molecule has 0 saturated heterocycles. The Morgan fingerprint density at radius 1 is 0.593 bits per heavy atom. The zero-order valence-corrected chi connectivity index (χ0v) is 16.5. The van der Waals surface area contributed by atoms with Crippen molar-refractivity contribution in [2.75, 3.05) is 0 Å². The minimum Gasteiger partial charge on any atom is -0.0616 e. The summed E-state index contributed by atoms with van der Waals surface area (Å²) in [7, 11) is 0. The Bertz CT molecular complexity index is 1190. The summed E-state index contributed by atoms with van der Waals surface area (Å²) in [5.41, 5.74) is 10.3. The highest BCUT2D eigenvalue weighted by Gasteiger charge is 2.21. The van der Waals surface area contributed by atoms with Crippen LogP contribution in [-0.4, -0.2) is 0 Å². The lowest BCUT2D eigenvalue weighted by atomic mass is 9.87. The number of benzene rings is 4. The lowest BCUT2D eigenvalue weighted by molar-refractivity contribution is 1.12. The first-order chi connectivity index (χ1) is 13.2. The highest BCUT2D eigenvalue weighted by molar-refractivity contribution is 6.08. The van der Waals surface area contributed by atoms with E-state index in [0.29, 0.717) is 0 Å². The second-order valence-corrected chi connectivity index (χ2v) is 7.79. The molecule has 4 aromatic carbocycles. The summed E-state index contributed by atoms with van der Waals surface area (Å²) in [6, 6.07) is 21.0. The Morgan fingerprint density at radius 3 is 1.85 bits per heavy atom. The van der Waals surface area contributed by atoms with E-state index < -0.39 is 0 Å². The number of aryl methyl sites for hydroxylation is 3. The van der Waals surface area contributed by atoms with Gasteiger partial charge >= 0.3 is 0 Å². The maximum Gasteiger partial charge on any atom is -0.00131 e. The van der Waals surface area contributed by atoms with Crippen LogP contribution in [0, 0.1) is 0 Å². The van der Waals surface area contributed by atoms with Crippen LogP contribution in [0.4, 0.5) is 0 Å². The summed E-state index contributed by atoms with van der Waals surface area (Å²) in [4.78, 5) is 0. The predicted molar refractivity (Wildman–Crippen MR) is 118 cm³/mol. The number of hydrogen-bond donors (Lipinski definition) is 0. The van der Waals surface area contributed by atoms with Crippen molar-refractivity contribution in [2.45, 2.75) is 46.5 Å². The van der Waals surface area contributed by atoms with Crippen LogP contribution in [0.2, 0.25) is 0 Å². The molecule has 0 aromatic heterocycles. The van der Waals surface area contributed by atoms with Gasteiger partial charge in [-0.15, -0.1) is 0 Å². The third kappa shape index (κ3) is 2.36. The van der Waals surface area contributed by atoms with Gasteiger partial charge in [0.05, 0.1) is 0 Å². The van der Waals surface area contributed by atoms with Gasteiger partial charge < -0.3 is 0 Å². The molecule has 0 N–H and O–H groups in total. The van der Waals surface area contributed by atoms with Crippen molar-refractivity contribution in [1.82, 2.24) is 0 Å². The first-order valence-corrected chi connectivity index (χ1v) is 10.4. The van der Waals surface area contributed by atoms with Gasteiger partial charge in [-0.05, 0) is 98.3 Å². The minimum absolute atomic E-state index is 1.07. The van der Waals surface area contributed by atoms with Crippen LogP contribution < -0.4 is 0 Å². The molecule has 134 valence electrons. The minimum atomic E-state index is 1.07. The van der Waals surface area contributed by atoms with Gasteiger partial charge in [0.1, 0.15) is 0 Å². The molecule has 0 heteroatoms. The monoisotopic (exact) mass is 350 g/mol. The van der Waals surface area contributed by atoms with Gasteiger partial charge in [-0.25, -0.2) is 0 Å². The Hall–Kier alpha value is -2.60. The summed E-state index contributed by atoms with van der Waals surface area (Å²) in [6.45, 7) is 6.83. The number of fused-ring (bicyclic) bond motifs is 5. The Morgan fingerprint density at radius 2 is 1.22 bits per heavy atom. The fourth-order valence-electron chi connectivity index (χ4n) is 5.08. The smallest absolute Gasteiger partial charge is 0.00131 e. The first-order valence-electron chi connectivity index (χ1n) is 10.4. The number of rotatable bonds is 3. The van der Waals surface area contributed by atoms with Crippen LogP contribution in [0.25, 0.3) is 32.7 Å². The second-order valence-electron chi connectivity index (χ2n) is 7.79. The lowest BCUT2D eigenvalue weighted by Crippen LogP contribution is -1.95. The van der Waals surface area contributed by atoms with Gasteiger partial charge in [0.2, 0.25) is 0 Å². The van der Waals surface area contributed by atoms with Gasteiger partial charge in [0, 0.05) is 0 Å². The van der Waals surface area contributed by atoms with Gasteiger partial charge in [0.15, 0.2) is 0 Å². The van der Waals surface area contributed by atoms with Crippen molar-refractivity contribution in [2.24, 2.45) is 0 Å². The average Bonchev–Trinajstić information content (AvgIpc) is 3.06. The summed E-state index contributed by atoms with van der Waals surface area (Å²) < 4.78 is 0. The van der Waals surface area contributed by atoms with Crippen molar-refractivity contribution >= 4 is 21.5 Å². The lowest BCUT2D eigenvalue weighted by Gasteiger charge is -2.17. The standard InChI is InChI=1S/C27H26/c1-4-17-11-12-22-18(13-17)14-19-15-26-20(5-2)23-9-7-8-10-24(23)21(6-3)27(26)16-25(19)22/h7-13,15-16H,4-6,14H2,1-3H3. The molecule has 0 atom stereocenters. The molecular formula is C27H26. The van der Waals surface area contributed by atoms with Crippen molar-refractivity contribution < 1.29 is 0 Å². The van der Waals surface area contributed by atoms with Crippen molar-refractivity contribution in [3.05, 3.63) is 82.4 Å².